The highest BCUT2D eigenvalue weighted by atomic mass is 32.2. The van der Waals surface area contributed by atoms with Crippen molar-refractivity contribution in [3.63, 3.8) is 0 Å². The number of carbonyl (C=O) groups is 1. The molecule has 0 N–H and O–H groups in total. The summed E-state index contributed by atoms with van der Waals surface area (Å²) in [7, 11) is -3.52. The zero-order valence-electron chi connectivity index (χ0n) is 16.7. The van der Waals surface area contributed by atoms with E-state index in [1.807, 2.05) is 30.5 Å². The van der Waals surface area contributed by atoms with Crippen LogP contribution in [0.15, 0.2) is 64.9 Å². The summed E-state index contributed by atoms with van der Waals surface area (Å²) >= 11 is 1.53. The van der Waals surface area contributed by atoms with E-state index in [1.54, 1.807) is 35.2 Å². The zero-order chi connectivity index (χ0) is 21.1. The van der Waals surface area contributed by atoms with Gasteiger partial charge < -0.3 is 4.90 Å². The molecule has 1 aromatic heterocycles. The van der Waals surface area contributed by atoms with Gasteiger partial charge in [-0.25, -0.2) is 13.4 Å². The lowest BCUT2D eigenvalue weighted by Gasteiger charge is -2.34. The van der Waals surface area contributed by atoms with Gasteiger partial charge in [-0.3, -0.25) is 4.79 Å². The second-order valence-corrected chi connectivity index (χ2v) is 10.1. The third-order valence-corrected chi connectivity index (χ3v) is 7.97. The standard InChI is InChI=1S/C22H23N3O3S2/c1-17-6-5-7-18(14-17)22-23-19(16-29-22)15-21(26)24-10-12-25(13-11-24)30(27,28)20-8-3-2-4-9-20/h2-9,14,16H,10-13,15H2,1H3. The van der Waals surface area contributed by atoms with Crippen LogP contribution in [0.25, 0.3) is 10.6 Å². The summed E-state index contributed by atoms with van der Waals surface area (Å²) in [6.07, 6.45) is 0.230. The number of nitrogens with zero attached hydrogens (tertiary/aromatic N) is 3. The van der Waals surface area contributed by atoms with Gasteiger partial charge in [0.2, 0.25) is 15.9 Å². The molecular formula is C22H23N3O3S2. The molecule has 30 heavy (non-hydrogen) atoms. The van der Waals surface area contributed by atoms with Gasteiger partial charge in [0, 0.05) is 37.1 Å². The van der Waals surface area contributed by atoms with Gasteiger partial charge in [0.05, 0.1) is 17.0 Å². The van der Waals surface area contributed by atoms with Crippen LogP contribution in [0.5, 0.6) is 0 Å². The first kappa shape index (κ1) is 20.7. The van der Waals surface area contributed by atoms with E-state index in [4.69, 9.17) is 0 Å². The predicted octanol–water partition coefficient (Wildman–Crippen LogP) is 3.19. The largest absolute Gasteiger partial charge is 0.340 e. The number of hydrogen-bond acceptors (Lipinski definition) is 5. The lowest BCUT2D eigenvalue weighted by atomic mass is 10.1. The van der Waals surface area contributed by atoms with Crippen molar-refractivity contribution >= 4 is 27.3 Å². The van der Waals surface area contributed by atoms with E-state index in [-0.39, 0.29) is 17.2 Å². The van der Waals surface area contributed by atoms with Gasteiger partial charge in [-0.2, -0.15) is 4.31 Å². The van der Waals surface area contributed by atoms with Crippen molar-refractivity contribution in [2.24, 2.45) is 0 Å². The SMILES string of the molecule is Cc1cccc(-c2nc(CC(=O)N3CCN(S(=O)(=O)c4ccccc4)CC3)cs2)c1. The molecule has 0 saturated carbocycles. The first-order chi connectivity index (χ1) is 14.4. The Hall–Kier alpha value is -2.55. The normalized spacial score (nSPS) is 15.3. The second-order valence-electron chi connectivity index (χ2n) is 7.29. The molecule has 3 aromatic rings. The Morgan fingerprint density at radius 2 is 1.77 bits per heavy atom. The van der Waals surface area contributed by atoms with E-state index in [0.717, 1.165) is 16.3 Å². The van der Waals surface area contributed by atoms with Crippen LogP contribution in [0, 0.1) is 6.92 Å². The molecule has 0 bridgehead atoms. The Bertz CT molecular complexity index is 1140. The number of piperazine rings is 1. The molecule has 6 nitrogen and oxygen atoms in total. The molecule has 0 aliphatic carbocycles. The van der Waals surface area contributed by atoms with Crippen LogP contribution in [0.2, 0.25) is 0 Å². The van der Waals surface area contributed by atoms with Gasteiger partial charge >= 0.3 is 0 Å². The number of carbonyl (C=O) groups excluding carboxylic acids is 1. The van der Waals surface area contributed by atoms with E-state index in [9.17, 15) is 13.2 Å². The van der Waals surface area contributed by atoms with Crippen LogP contribution in [-0.2, 0) is 21.2 Å². The van der Waals surface area contributed by atoms with Crippen molar-refractivity contribution in [3.8, 4) is 10.6 Å². The van der Waals surface area contributed by atoms with Gasteiger partial charge in [-0.15, -0.1) is 11.3 Å². The maximum atomic E-state index is 12.7. The summed E-state index contributed by atoms with van der Waals surface area (Å²) in [5.74, 6) is -0.0205. The maximum absolute atomic E-state index is 12.7. The topological polar surface area (TPSA) is 70.6 Å². The molecule has 1 aliphatic heterocycles. The Labute approximate surface area is 180 Å². The fourth-order valence-corrected chi connectivity index (χ4v) is 5.74. The van der Waals surface area contributed by atoms with E-state index < -0.39 is 10.0 Å². The van der Waals surface area contributed by atoms with E-state index in [0.29, 0.717) is 26.2 Å². The summed E-state index contributed by atoms with van der Waals surface area (Å²) in [5, 5.41) is 2.83. The zero-order valence-corrected chi connectivity index (χ0v) is 18.3. The van der Waals surface area contributed by atoms with Crippen molar-refractivity contribution < 1.29 is 13.2 Å². The van der Waals surface area contributed by atoms with Crippen LogP contribution in [-0.4, -0.2) is 54.7 Å². The Balaban J connectivity index is 1.36. The van der Waals surface area contributed by atoms with Crippen LogP contribution >= 0.6 is 11.3 Å². The van der Waals surface area contributed by atoms with Gasteiger partial charge in [0.1, 0.15) is 5.01 Å². The first-order valence-electron chi connectivity index (χ1n) is 9.78. The second kappa shape index (κ2) is 8.67. The Morgan fingerprint density at radius 1 is 1.03 bits per heavy atom. The molecule has 8 heteroatoms. The molecule has 1 amide bonds. The molecule has 2 aromatic carbocycles. The molecule has 0 radical (unpaired) electrons. The molecule has 1 aliphatic rings. The van der Waals surface area contributed by atoms with Crippen molar-refractivity contribution in [1.82, 2.24) is 14.2 Å². The van der Waals surface area contributed by atoms with E-state index in [1.165, 1.54) is 21.2 Å². The molecule has 0 unspecified atom stereocenters. The minimum Gasteiger partial charge on any atom is -0.340 e. The fraction of sp³-hybridized carbons (Fsp3) is 0.273. The van der Waals surface area contributed by atoms with Crippen molar-refractivity contribution in [2.45, 2.75) is 18.2 Å². The van der Waals surface area contributed by atoms with Crippen molar-refractivity contribution in [3.05, 3.63) is 71.2 Å². The van der Waals surface area contributed by atoms with Gasteiger partial charge in [0.15, 0.2) is 0 Å². The highest BCUT2D eigenvalue weighted by Crippen LogP contribution is 2.25. The van der Waals surface area contributed by atoms with Gasteiger partial charge in [-0.05, 0) is 25.1 Å². The predicted molar refractivity (Wildman–Crippen MR) is 118 cm³/mol. The fourth-order valence-electron chi connectivity index (χ4n) is 3.48. The minimum atomic E-state index is -3.52. The third kappa shape index (κ3) is 4.45. The highest BCUT2D eigenvalue weighted by Gasteiger charge is 2.30. The monoisotopic (exact) mass is 441 g/mol. The molecule has 1 fully saturated rings. The Morgan fingerprint density at radius 3 is 2.47 bits per heavy atom. The summed E-state index contributed by atoms with van der Waals surface area (Å²) < 4.78 is 26.9. The first-order valence-corrected chi connectivity index (χ1v) is 12.1. The van der Waals surface area contributed by atoms with Crippen LogP contribution in [0.1, 0.15) is 11.3 Å². The average Bonchev–Trinajstić information content (AvgIpc) is 3.23. The number of thiazole rings is 1. The summed E-state index contributed by atoms with van der Waals surface area (Å²) in [6.45, 7) is 3.42. The van der Waals surface area contributed by atoms with E-state index >= 15 is 0 Å². The smallest absolute Gasteiger partial charge is 0.243 e. The Kier molecular flexibility index (Phi) is 5.99. The number of hydrogen-bond donors (Lipinski definition) is 0. The minimum absolute atomic E-state index is 0.0205. The van der Waals surface area contributed by atoms with E-state index in [2.05, 4.69) is 11.1 Å². The molecule has 0 atom stereocenters. The molecule has 0 spiro atoms. The third-order valence-electron chi connectivity index (χ3n) is 5.12. The molecule has 156 valence electrons. The molecule has 2 heterocycles. The number of aromatic nitrogens is 1. The number of aryl methyl sites for hydroxylation is 1. The summed E-state index contributed by atoms with van der Waals surface area (Å²) in [4.78, 5) is 19.3. The van der Waals surface area contributed by atoms with Crippen LogP contribution < -0.4 is 0 Å². The highest BCUT2D eigenvalue weighted by molar-refractivity contribution is 7.89. The summed E-state index contributed by atoms with van der Waals surface area (Å²) in [6, 6.07) is 16.6. The molecule has 1 saturated heterocycles. The number of benzene rings is 2. The number of amides is 1. The van der Waals surface area contributed by atoms with Crippen molar-refractivity contribution in [2.75, 3.05) is 26.2 Å². The van der Waals surface area contributed by atoms with Crippen LogP contribution in [0.4, 0.5) is 0 Å². The lowest BCUT2D eigenvalue weighted by Crippen LogP contribution is -2.50. The van der Waals surface area contributed by atoms with Crippen molar-refractivity contribution in [1.29, 1.82) is 0 Å². The number of sulfonamides is 1. The molecular weight excluding hydrogens is 418 g/mol. The average molecular weight is 442 g/mol. The van der Waals surface area contributed by atoms with Crippen LogP contribution in [0.3, 0.4) is 0 Å². The molecule has 4 rings (SSSR count). The van der Waals surface area contributed by atoms with Gasteiger partial charge in [0.25, 0.3) is 0 Å². The lowest BCUT2D eigenvalue weighted by molar-refractivity contribution is -0.131. The quantitative estimate of drug-likeness (QED) is 0.610. The number of rotatable bonds is 5. The summed E-state index contributed by atoms with van der Waals surface area (Å²) in [5.41, 5.74) is 2.97. The van der Waals surface area contributed by atoms with Gasteiger partial charge in [-0.1, -0.05) is 42.0 Å². The maximum Gasteiger partial charge on any atom is 0.243 e.